The fourth-order valence-corrected chi connectivity index (χ4v) is 13.3. The van der Waals surface area contributed by atoms with E-state index in [-0.39, 0.29) is 44.6 Å². The van der Waals surface area contributed by atoms with E-state index in [1.165, 1.54) is 33.4 Å². The number of methoxy groups -OCH3 is 1. The lowest BCUT2D eigenvalue weighted by molar-refractivity contribution is 0.276. The van der Waals surface area contributed by atoms with Gasteiger partial charge in [-0.2, -0.15) is 0 Å². The van der Waals surface area contributed by atoms with Gasteiger partial charge in [0.05, 0.1) is 156 Å². The largest absolute Gasteiger partial charge is 0.493 e. The molecule has 16 aromatic rings. The third kappa shape index (κ3) is 21.5. The maximum atomic E-state index is 9.86. The number of aliphatic hydroxyl groups excluding tert-OH is 4. The smallest absolute Gasteiger partial charge is 0.191 e. The van der Waals surface area contributed by atoms with Crippen molar-refractivity contribution in [3.05, 3.63) is 328 Å². The van der Waals surface area contributed by atoms with Crippen molar-refractivity contribution in [1.29, 1.82) is 0 Å². The van der Waals surface area contributed by atoms with Gasteiger partial charge in [-0.05, 0) is 189 Å². The second-order valence-corrected chi connectivity index (χ2v) is 29.6. The van der Waals surface area contributed by atoms with Crippen molar-refractivity contribution in [2.45, 2.75) is 134 Å². The van der Waals surface area contributed by atoms with Crippen LogP contribution in [0.4, 0.5) is 23.3 Å². The van der Waals surface area contributed by atoms with Gasteiger partial charge in [-0.15, -0.1) is 40.8 Å². The first kappa shape index (κ1) is 85.4. The summed E-state index contributed by atoms with van der Waals surface area (Å²) in [6, 6.07) is 60.2. The Morgan fingerprint density at radius 1 is 0.336 bits per heavy atom. The van der Waals surface area contributed by atoms with Crippen molar-refractivity contribution in [2.24, 2.45) is 0 Å². The fourth-order valence-electron chi connectivity index (χ4n) is 13.3. The molecule has 29 nitrogen and oxygen atoms in total. The predicted molar refractivity (Wildman–Crippen MR) is 472 cm³/mol. The van der Waals surface area contributed by atoms with E-state index < -0.39 is 0 Å². The summed E-state index contributed by atoms with van der Waals surface area (Å²) in [5.74, 6) is 3.23. The highest BCUT2D eigenvalue weighted by Gasteiger charge is 2.21. The number of aromatic nitrogens is 20. The number of nitrogens with zero attached hydrogens (tertiary/aromatic N) is 20. The number of nitrogens with one attached hydrogen (secondary N) is 4. The number of hydrogen-bond acceptors (Lipinski definition) is 25. The quantitative estimate of drug-likeness (QED) is 0.0263. The molecule has 3 atom stereocenters. The van der Waals surface area contributed by atoms with Crippen LogP contribution in [-0.2, 0) is 33.0 Å². The third-order valence-electron chi connectivity index (χ3n) is 20.1. The SMILES string of the molecule is COc1cc(-c2ccc(-n3cnc(C)c3)c(CO)n2)nnc1N[C@@H](C)c1ccc(C)cc1.Cc1ccc(CNc2ccc(-c3ccc(-n4cnc(C)c4)c(CO)n3)nn2)cc1.Cc1ccc([C@H](C)Nc2cc(C)c(-c3ccc(-n4cnc(C)c4)c(CO)n3)nn2)cc1.Cc1cn(-c2ccc(-c3nnc(N[C@@H](C)c4ccccc4)cc3C)nc2CO)cn1. The lowest BCUT2D eigenvalue weighted by Crippen LogP contribution is -2.10. The van der Waals surface area contributed by atoms with Gasteiger partial charge in [0.15, 0.2) is 11.6 Å². The van der Waals surface area contributed by atoms with Crippen LogP contribution in [0.25, 0.3) is 68.3 Å². The van der Waals surface area contributed by atoms with Crippen LogP contribution in [-0.4, -0.2) is 126 Å². The molecule has 0 saturated heterocycles. The van der Waals surface area contributed by atoms with Gasteiger partial charge < -0.3 is 64.7 Å². The molecule has 0 saturated carbocycles. The van der Waals surface area contributed by atoms with Crippen LogP contribution >= 0.6 is 0 Å². The Morgan fingerprint density at radius 3 is 1.06 bits per heavy atom. The lowest BCUT2D eigenvalue weighted by Gasteiger charge is -2.17. The van der Waals surface area contributed by atoms with Crippen molar-refractivity contribution in [1.82, 2.24) is 98.9 Å². The number of benzene rings is 4. The molecule has 8 N–H and O–H groups in total. The monoisotopic (exact) mass is 1630 g/mol. The van der Waals surface area contributed by atoms with Crippen LogP contribution < -0.4 is 26.0 Å². The molecular weight excluding hydrogens is 1530 g/mol. The molecule has 122 heavy (non-hydrogen) atoms. The number of anilines is 4. The fraction of sp³-hybridized carbons (Fsp3) is 0.226. The molecule has 29 heteroatoms. The summed E-state index contributed by atoms with van der Waals surface area (Å²) < 4.78 is 13.0. The van der Waals surface area contributed by atoms with Crippen LogP contribution in [0.2, 0.25) is 0 Å². The molecule has 0 amide bonds. The minimum Gasteiger partial charge on any atom is -0.493 e. The zero-order valence-electron chi connectivity index (χ0n) is 70.3. The van der Waals surface area contributed by atoms with E-state index in [0.29, 0.717) is 104 Å². The molecule has 0 aliphatic heterocycles. The highest BCUT2D eigenvalue weighted by Crippen LogP contribution is 2.33. The molecule has 12 heterocycles. The average Bonchev–Trinajstić information content (AvgIpc) is 1.36. The molecule has 0 fully saturated rings. The summed E-state index contributed by atoms with van der Waals surface area (Å²) in [4.78, 5) is 35.4. The molecule has 12 aromatic heterocycles. The molecule has 620 valence electrons. The molecule has 0 spiro atoms. The number of imidazole rings is 4. The van der Waals surface area contributed by atoms with Crippen molar-refractivity contribution >= 4 is 23.3 Å². The Bertz CT molecular complexity index is 6180. The van der Waals surface area contributed by atoms with Crippen LogP contribution in [0.15, 0.2) is 232 Å². The Morgan fingerprint density at radius 2 is 0.689 bits per heavy atom. The Balaban J connectivity index is 0.000000140. The minimum atomic E-state index is -0.210. The predicted octanol–water partition coefficient (Wildman–Crippen LogP) is 15.8. The Labute approximate surface area is 708 Å². The molecule has 16 rings (SSSR count). The van der Waals surface area contributed by atoms with E-state index in [1.807, 2.05) is 176 Å². The Kier molecular flexibility index (Phi) is 27.9. The number of aliphatic hydroxyl groups is 4. The number of pyridine rings is 4. The van der Waals surface area contributed by atoms with Gasteiger partial charge in [0.25, 0.3) is 0 Å². The summed E-state index contributed by atoms with van der Waals surface area (Å²) in [6.45, 7) is 24.0. The van der Waals surface area contributed by atoms with Gasteiger partial charge in [-0.25, -0.2) is 39.9 Å². The highest BCUT2D eigenvalue weighted by atomic mass is 16.5. The van der Waals surface area contributed by atoms with E-state index in [1.54, 1.807) is 38.5 Å². The summed E-state index contributed by atoms with van der Waals surface area (Å²) in [6.07, 6.45) is 14.4. The second kappa shape index (κ2) is 39.8. The minimum absolute atomic E-state index is 0.0293. The lowest BCUT2D eigenvalue weighted by atomic mass is 10.1. The van der Waals surface area contributed by atoms with Gasteiger partial charge in [0.1, 0.15) is 40.2 Å². The first-order chi connectivity index (χ1) is 59.1. The van der Waals surface area contributed by atoms with E-state index in [0.717, 1.165) is 62.2 Å². The van der Waals surface area contributed by atoms with Crippen molar-refractivity contribution < 1.29 is 25.2 Å². The first-order valence-corrected chi connectivity index (χ1v) is 39.8. The van der Waals surface area contributed by atoms with Gasteiger partial charge in [0.2, 0.25) is 0 Å². The standard InChI is InChI=1S/C24H26N6O2.C24H26N6O.C23H24N6O.C22H22N6O/c1-15-5-7-18(8-6-15)17(3)26-24-23(32-4)11-20(28-29-24)19-9-10-22(21(13-31)27-19)30-12-16(2)25-14-30;1-15-5-7-19(8-6-15)18(4)26-23-11-16(2)24(29-28-23)20-9-10-22(21(13-31)27-20)30-12-17(3)25-14-30;1-15-11-22(25-17(3)18-7-5-4-6-8-18)27-28-23(15)19-9-10-21(20(13-30)26-19)29-12-16(2)24-14-29;1-15-3-5-17(6-4-15)11-23-22-10-8-19(26-27-22)18-7-9-21(20(13-29)25-18)28-12-16(2)24-14-28/h5-12,14,17,31H,13H2,1-4H3,(H,26,29);5-12,14,18,31H,13H2,1-4H3,(H,26,28);4-12,14,17,30H,13H2,1-3H3,(H,25,27);3-10,12,14,29H,11,13H2,1-2H3,(H,23,27)/t17-;18-;17-;/m000./s1. The van der Waals surface area contributed by atoms with E-state index in [2.05, 4.69) is 228 Å². The second-order valence-electron chi connectivity index (χ2n) is 29.6. The highest BCUT2D eigenvalue weighted by molar-refractivity contribution is 5.66. The average molecular weight is 1630 g/mol. The normalized spacial score (nSPS) is 11.7. The maximum absolute atomic E-state index is 9.86. The number of aryl methyl sites for hydroxylation is 9. The third-order valence-corrected chi connectivity index (χ3v) is 20.1. The van der Waals surface area contributed by atoms with E-state index >= 15 is 0 Å². The van der Waals surface area contributed by atoms with Gasteiger partial charge in [-0.1, -0.05) is 120 Å². The topological polar surface area (TPSA) is 364 Å². The van der Waals surface area contributed by atoms with Crippen LogP contribution in [0.5, 0.6) is 5.75 Å². The van der Waals surface area contributed by atoms with Crippen LogP contribution in [0.3, 0.4) is 0 Å². The maximum Gasteiger partial charge on any atom is 0.191 e. The summed E-state index contributed by atoms with van der Waals surface area (Å²) in [7, 11) is 1.60. The molecule has 0 unspecified atom stereocenters. The molecular formula is C93H98N24O5. The molecule has 0 aliphatic carbocycles. The zero-order chi connectivity index (χ0) is 85.9. The first-order valence-electron chi connectivity index (χ1n) is 39.8. The van der Waals surface area contributed by atoms with Crippen molar-refractivity contribution in [3.8, 4) is 74.1 Å². The number of hydrogen-bond donors (Lipinski definition) is 8. The van der Waals surface area contributed by atoms with Crippen molar-refractivity contribution in [2.75, 3.05) is 28.4 Å². The molecule has 0 bridgehead atoms. The molecule has 0 aliphatic rings. The zero-order valence-corrected chi connectivity index (χ0v) is 70.3. The summed E-state index contributed by atoms with van der Waals surface area (Å²) in [5.41, 5.74) is 24.4. The van der Waals surface area contributed by atoms with Crippen molar-refractivity contribution in [3.63, 3.8) is 0 Å². The molecule has 4 aromatic carbocycles. The van der Waals surface area contributed by atoms with E-state index in [9.17, 15) is 20.4 Å². The molecule has 0 radical (unpaired) electrons. The number of ether oxygens (including phenoxy) is 1. The van der Waals surface area contributed by atoms with Gasteiger partial charge >= 0.3 is 0 Å². The Hall–Kier alpha value is -14.5. The van der Waals surface area contributed by atoms with Crippen LogP contribution in [0, 0.1) is 62.3 Å². The van der Waals surface area contributed by atoms with Crippen LogP contribution in [0.1, 0.15) is 135 Å². The van der Waals surface area contributed by atoms with E-state index in [4.69, 9.17) is 4.74 Å². The number of rotatable bonds is 25. The van der Waals surface area contributed by atoms with Gasteiger partial charge in [-0.3, -0.25) is 0 Å². The van der Waals surface area contributed by atoms with Gasteiger partial charge in [0, 0.05) is 49.5 Å². The summed E-state index contributed by atoms with van der Waals surface area (Å²) in [5, 5.41) is 87.5. The summed E-state index contributed by atoms with van der Waals surface area (Å²) >= 11 is 0.